The number of nitrogens with zero attached hydrogens (tertiary/aromatic N) is 1. The summed E-state index contributed by atoms with van der Waals surface area (Å²) in [5.74, 6) is -0.144. The third kappa shape index (κ3) is 2.09. The minimum atomic E-state index is -2.68. The summed E-state index contributed by atoms with van der Waals surface area (Å²) in [5, 5.41) is 0. The second-order valence-corrected chi connectivity index (χ2v) is 3.47. The Bertz CT molecular complexity index is 359. The molecule has 0 saturated carbocycles. The molecule has 0 amide bonds. The van der Waals surface area contributed by atoms with Crippen LogP contribution in [0.25, 0.3) is 0 Å². The summed E-state index contributed by atoms with van der Waals surface area (Å²) >= 11 is 8.48. The molecule has 0 fully saturated rings. The molecule has 0 spiro atoms. The fourth-order valence-corrected chi connectivity index (χ4v) is 1.74. The zero-order valence-electron chi connectivity index (χ0n) is 6.81. The van der Waals surface area contributed by atoms with E-state index in [2.05, 4.69) is 20.9 Å². The lowest BCUT2D eigenvalue weighted by molar-refractivity contribution is 0.112. The van der Waals surface area contributed by atoms with E-state index in [1.807, 2.05) is 0 Å². The molecule has 6 heteroatoms. The van der Waals surface area contributed by atoms with Crippen molar-refractivity contribution in [2.75, 3.05) is 0 Å². The average Bonchev–Trinajstić information content (AvgIpc) is 2.16. The number of aromatic nitrogens is 1. The van der Waals surface area contributed by atoms with Crippen LogP contribution in [-0.2, 0) is 5.88 Å². The molecule has 0 aliphatic carbocycles. The van der Waals surface area contributed by atoms with Gasteiger partial charge < -0.3 is 0 Å². The van der Waals surface area contributed by atoms with Gasteiger partial charge in [-0.25, -0.2) is 13.8 Å². The average molecular weight is 284 g/mol. The molecular weight excluding hydrogens is 279 g/mol. The first-order chi connectivity index (χ1) is 6.61. The number of hydrogen-bond donors (Lipinski definition) is 0. The van der Waals surface area contributed by atoms with Gasteiger partial charge in [-0.3, -0.25) is 4.79 Å². The fourth-order valence-electron chi connectivity index (χ4n) is 1.01. The van der Waals surface area contributed by atoms with E-state index in [0.29, 0.717) is 6.29 Å². The van der Waals surface area contributed by atoms with Crippen molar-refractivity contribution in [1.29, 1.82) is 0 Å². The Morgan fingerprint density at radius 1 is 1.64 bits per heavy atom. The topological polar surface area (TPSA) is 30.0 Å². The van der Waals surface area contributed by atoms with Crippen LogP contribution in [0, 0.1) is 0 Å². The number of halogens is 4. The molecule has 1 aromatic heterocycles. The van der Waals surface area contributed by atoms with Crippen molar-refractivity contribution in [2.24, 2.45) is 0 Å². The monoisotopic (exact) mass is 283 g/mol. The van der Waals surface area contributed by atoms with Gasteiger partial charge in [-0.15, -0.1) is 11.6 Å². The Balaban J connectivity index is 3.40. The number of carbonyl (C=O) groups excluding carboxylic acids is 1. The van der Waals surface area contributed by atoms with Crippen LogP contribution in [0.4, 0.5) is 8.78 Å². The number of carbonyl (C=O) groups is 1. The van der Waals surface area contributed by atoms with Gasteiger partial charge in [0.05, 0.1) is 5.56 Å². The highest BCUT2D eigenvalue weighted by molar-refractivity contribution is 9.10. The summed E-state index contributed by atoms with van der Waals surface area (Å²) in [6.45, 7) is 0. The van der Waals surface area contributed by atoms with Crippen molar-refractivity contribution >= 4 is 33.8 Å². The Hall–Kier alpha value is -0.550. The molecule has 0 N–H and O–H groups in total. The van der Waals surface area contributed by atoms with E-state index < -0.39 is 6.43 Å². The first kappa shape index (κ1) is 11.5. The summed E-state index contributed by atoms with van der Waals surface area (Å²) in [6, 6.07) is 0. The third-order valence-electron chi connectivity index (χ3n) is 1.70. The normalized spacial score (nSPS) is 10.6. The van der Waals surface area contributed by atoms with Crippen molar-refractivity contribution in [3.63, 3.8) is 0 Å². The second-order valence-electron chi connectivity index (χ2n) is 2.45. The van der Waals surface area contributed by atoms with E-state index in [0.717, 1.165) is 6.20 Å². The molecular formula is C8H5BrClF2NO. The van der Waals surface area contributed by atoms with Crippen molar-refractivity contribution in [3.05, 3.63) is 27.5 Å². The van der Waals surface area contributed by atoms with Crippen LogP contribution in [0.1, 0.15) is 27.9 Å². The zero-order valence-corrected chi connectivity index (χ0v) is 9.15. The molecule has 1 rings (SSSR count). The Morgan fingerprint density at radius 3 is 2.71 bits per heavy atom. The van der Waals surface area contributed by atoms with Crippen LogP contribution in [0.2, 0.25) is 0 Å². The predicted octanol–water partition coefficient (Wildman–Crippen LogP) is 3.33. The molecule has 0 radical (unpaired) electrons. The SMILES string of the molecule is O=Cc1c(Br)ncc(C(F)F)c1CCl. The van der Waals surface area contributed by atoms with Gasteiger partial charge >= 0.3 is 0 Å². The lowest BCUT2D eigenvalue weighted by atomic mass is 10.1. The lowest BCUT2D eigenvalue weighted by Gasteiger charge is -2.08. The highest BCUT2D eigenvalue weighted by atomic mass is 79.9. The van der Waals surface area contributed by atoms with Gasteiger partial charge in [0.1, 0.15) is 4.60 Å². The maximum Gasteiger partial charge on any atom is 0.265 e. The van der Waals surface area contributed by atoms with E-state index in [9.17, 15) is 13.6 Å². The molecule has 76 valence electrons. The quantitative estimate of drug-likeness (QED) is 0.484. The molecule has 14 heavy (non-hydrogen) atoms. The largest absolute Gasteiger partial charge is 0.298 e. The van der Waals surface area contributed by atoms with Crippen LogP contribution >= 0.6 is 27.5 Å². The van der Waals surface area contributed by atoms with Gasteiger partial charge in [-0.2, -0.15) is 0 Å². The van der Waals surface area contributed by atoms with Gasteiger partial charge in [0.2, 0.25) is 0 Å². The molecule has 0 atom stereocenters. The summed E-state index contributed by atoms with van der Waals surface area (Å²) in [5.41, 5.74) is -0.0957. The molecule has 1 heterocycles. The van der Waals surface area contributed by atoms with Gasteiger partial charge in [0.15, 0.2) is 6.29 Å². The standard InChI is InChI=1S/C8H5BrClF2NO/c9-7-6(3-14)4(1-10)5(2-13-7)8(11)12/h2-3,8H,1H2. The van der Waals surface area contributed by atoms with Crippen LogP contribution in [-0.4, -0.2) is 11.3 Å². The number of pyridine rings is 1. The van der Waals surface area contributed by atoms with E-state index in [1.165, 1.54) is 0 Å². The highest BCUT2D eigenvalue weighted by Gasteiger charge is 2.18. The summed E-state index contributed by atoms with van der Waals surface area (Å²) in [4.78, 5) is 14.2. The van der Waals surface area contributed by atoms with E-state index in [1.54, 1.807) is 0 Å². The predicted molar refractivity (Wildman–Crippen MR) is 51.8 cm³/mol. The number of alkyl halides is 3. The molecule has 0 unspecified atom stereocenters. The smallest absolute Gasteiger partial charge is 0.265 e. The molecule has 1 aromatic rings. The molecule has 0 aliphatic rings. The highest BCUT2D eigenvalue weighted by Crippen LogP contribution is 2.28. The van der Waals surface area contributed by atoms with Crippen molar-refractivity contribution in [3.8, 4) is 0 Å². The molecule has 0 bridgehead atoms. The Kier molecular flexibility index (Phi) is 3.95. The minimum Gasteiger partial charge on any atom is -0.298 e. The number of hydrogen-bond acceptors (Lipinski definition) is 2. The number of aldehydes is 1. The summed E-state index contributed by atoms with van der Waals surface area (Å²) in [6.07, 6.45) is -1.21. The zero-order chi connectivity index (χ0) is 10.7. The van der Waals surface area contributed by atoms with Gasteiger partial charge in [-0.1, -0.05) is 0 Å². The van der Waals surface area contributed by atoms with Gasteiger partial charge in [-0.05, 0) is 21.5 Å². The minimum absolute atomic E-state index is 0.0813. The van der Waals surface area contributed by atoms with Crippen molar-refractivity contribution < 1.29 is 13.6 Å². The molecule has 0 aromatic carbocycles. The van der Waals surface area contributed by atoms with E-state index in [4.69, 9.17) is 11.6 Å². The molecule has 0 aliphatic heterocycles. The van der Waals surface area contributed by atoms with Crippen molar-refractivity contribution in [1.82, 2.24) is 4.98 Å². The van der Waals surface area contributed by atoms with Crippen LogP contribution in [0.15, 0.2) is 10.8 Å². The summed E-state index contributed by atoms with van der Waals surface area (Å²) < 4.78 is 25.1. The lowest BCUT2D eigenvalue weighted by Crippen LogP contribution is -2.01. The molecule has 0 saturated heterocycles. The number of rotatable bonds is 3. The molecule has 2 nitrogen and oxygen atoms in total. The van der Waals surface area contributed by atoms with E-state index >= 15 is 0 Å². The van der Waals surface area contributed by atoms with Crippen LogP contribution in [0.5, 0.6) is 0 Å². The van der Waals surface area contributed by atoms with Crippen molar-refractivity contribution in [2.45, 2.75) is 12.3 Å². The van der Waals surface area contributed by atoms with Crippen LogP contribution < -0.4 is 0 Å². The Labute approximate surface area is 92.4 Å². The van der Waals surface area contributed by atoms with Gasteiger partial charge in [0.25, 0.3) is 6.43 Å². The maximum absolute atomic E-state index is 12.4. The fraction of sp³-hybridized carbons (Fsp3) is 0.250. The first-order valence-corrected chi connectivity index (χ1v) is 4.91. The summed E-state index contributed by atoms with van der Waals surface area (Å²) in [7, 11) is 0. The van der Waals surface area contributed by atoms with Crippen LogP contribution in [0.3, 0.4) is 0 Å². The maximum atomic E-state index is 12.4. The Morgan fingerprint density at radius 2 is 2.29 bits per heavy atom. The van der Waals surface area contributed by atoms with E-state index in [-0.39, 0.29) is 27.2 Å². The second kappa shape index (κ2) is 4.79. The van der Waals surface area contributed by atoms with Gasteiger partial charge in [0, 0.05) is 17.6 Å². The third-order valence-corrected chi connectivity index (χ3v) is 2.60. The first-order valence-electron chi connectivity index (χ1n) is 3.58.